The van der Waals surface area contributed by atoms with E-state index in [0.29, 0.717) is 23.3 Å². The van der Waals surface area contributed by atoms with Crippen LogP contribution in [0.3, 0.4) is 0 Å². The van der Waals surface area contributed by atoms with Crippen LogP contribution in [0.25, 0.3) is 16.8 Å². The van der Waals surface area contributed by atoms with E-state index in [2.05, 4.69) is 5.10 Å². The Bertz CT molecular complexity index is 1290. The van der Waals surface area contributed by atoms with Gasteiger partial charge in [-0.2, -0.15) is 5.10 Å². The van der Waals surface area contributed by atoms with Gasteiger partial charge in [0, 0.05) is 23.6 Å². The number of hydrogen-bond acceptors (Lipinski definition) is 4. The quantitative estimate of drug-likeness (QED) is 0.391. The highest BCUT2D eigenvalue weighted by Gasteiger charge is 2.34. The minimum atomic E-state index is -0.514. The summed E-state index contributed by atoms with van der Waals surface area (Å²) >= 11 is 0. The van der Waals surface area contributed by atoms with Gasteiger partial charge >= 0.3 is 5.97 Å². The number of rotatable bonds is 6. The van der Waals surface area contributed by atoms with Gasteiger partial charge in [0.05, 0.1) is 29.7 Å². The number of nitrogens with zero attached hydrogens (tertiary/aromatic N) is 3. The molecule has 1 amide bonds. The van der Waals surface area contributed by atoms with Crippen LogP contribution in [0.4, 0.5) is 4.39 Å². The Morgan fingerprint density at radius 1 is 1.03 bits per heavy atom. The number of ether oxygens (including phenoxy) is 1. The fraction of sp³-hybridized carbons (Fsp3) is 0.414. The second-order valence-corrected chi connectivity index (χ2v) is 9.91. The lowest BCUT2D eigenvalue weighted by Crippen LogP contribution is -2.47. The normalized spacial score (nSPS) is 19.8. The number of carbonyl (C=O) groups excluding carboxylic acids is 2. The van der Waals surface area contributed by atoms with E-state index in [1.165, 1.54) is 0 Å². The summed E-state index contributed by atoms with van der Waals surface area (Å²) in [5.74, 6) is -0.894. The van der Waals surface area contributed by atoms with E-state index in [4.69, 9.17) is 4.74 Å². The maximum Gasteiger partial charge on any atom is 0.341 e. The standard InChI is InChI=1S/C29H32FN3O3/c1-4-36-29(35)25-17-31-33(27(25)20-14-15-20)22-11-6-10-21(16-22)23-12-7-13-24(26(23)30)28(34)32-18(2)8-5-9-19(32)3/h6-7,10-13,16-20H,4-5,8-9,14-15H2,1-3H3/t18-,19+. The molecule has 0 unspecified atom stereocenters. The van der Waals surface area contributed by atoms with E-state index in [0.717, 1.165) is 43.5 Å². The van der Waals surface area contributed by atoms with Gasteiger partial charge in [-0.15, -0.1) is 0 Å². The molecule has 3 aromatic rings. The molecule has 0 bridgehead atoms. The summed E-state index contributed by atoms with van der Waals surface area (Å²) < 4.78 is 22.8. The molecule has 1 saturated carbocycles. The Hall–Kier alpha value is -3.48. The van der Waals surface area contributed by atoms with Crippen LogP contribution in [0.15, 0.2) is 48.7 Å². The number of benzene rings is 2. The summed E-state index contributed by atoms with van der Waals surface area (Å²) in [4.78, 5) is 27.7. The van der Waals surface area contributed by atoms with Gasteiger partial charge in [-0.3, -0.25) is 4.79 Å². The highest BCUT2D eigenvalue weighted by atomic mass is 19.1. The predicted octanol–water partition coefficient (Wildman–Crippen LogP) is 6.14. The summed E-state index contributed by atoms with van der Waals surface area (Å²) in [6.45, 7) is 6.14. The van der Waals surface area contributed by atoms with Gasteiger partial charge in [0.25, 0.3) is 5.91 Å². The molecule has 5 rings (SSSR count). The molecule has 2 atom stereocenters. The molecule has 2 aliphatic rings. The van der Waals surface area contributed by atoms with E-state index in [9.17, 15) is 9.59 Å². The smallest absolute Gasteiger partial charge is 0.341 e. The Labute approximate surface area is 211 Å². The highest BCUT2D eigenvalue weighted by Crippen LogP contribution is 2.43. The van der Waals surface area contributed by atoms with Crippen LogP contribution in [0.5, 0.6) is 0 Å². The molecule has 2 fully saturated rings. The number of piperidine rings is 1. The van der Waals surface area contributed by atoms with Crippen molar-refractivity contribution in [2.75, 3.05) is 6.61 Å². The zero-order valence-electron chi connectivity index (χ0n) is 21.0. The van der Waals surface area contributed by atoms with E-state index in [1.54, 1.807) is 36.0 Å². The highest BCUT2D eigenvalue weighted by molar-refractivity contribution is 5.96. The van der Waals surface area contributed by atoms with Crippen molar-refractivity contribution in [3.63, 3.8) is 0 Å². The van der Waals surface area contributed by atoms with Gasteiger partial charge in [0.1, 0.15) is 11.4 Å². The van der Waals surface area contributed by atoms with Gasteiger partial charge in [0.2, 0.25) is 0 Å². The van der Waals surface area contributed by atoms with Crippen LogP contribution in [-0.4, -0.2) is 45.2 Å². The van der Waals surface area contributed by atoms with E-state index < -0.39 is 5.82 Å². The van der Waals surface area contributed by atoms with Crippen molar-refractivity contribution in [3.8, 4) is 16.8 Å². The van der Waals surface area contributed by atoms with Gasteiger partial charge in [-0.1, -0.05) is 24.3 Å². The van der Waals surface area contributed by atoms with E-state index in [-0.39, 0.29) is 35.4 Å². The molecule has 1 aliphatic heterocycles. The Kier molecular flexibility index (Phi) is 6.65. The summed E-state index contributed by atoms with van der Waals surface area (Å²) in [5.41, 5.74) is 3.16. The Balaban J connectivity index is 1.51. The van der Waals surface area contributed by atoms with Crippen LogP contribution in [0.2, 0.25) is 0 Å². The van der Waals surface area contributed by atoms with Crippen molar-refractivity contribution in [1.82, 2.24) is 14.7 Å². The Morgan fingerprint density at radius 2 is 1.75 bits per heavy atom. The van der Waals surface area contributed by atoms with Crippen LogP contribution < -0.4 is 0 Å². The zero-order chi connectivity index (χ0) is 25.4. The average Bonchev–Trinajstić information content (AvgIpc) is 3.61. The molecule has 36 heavy (non-hydrogen) atoms. The van der Waals surface area contributed by atoms with Crippen molar-refractivity contribution in [1.29, 1.82) is 0 Å². The largest absolute Gasteiger partial charge is 0.462 e. The molecule has 1 aromatic heterocycles. The van der Waals surface area contributed by atoms with E-state index in [1.807, 2.05) is 43.0 Å². The molecule has 188 valence electrons. The topological polar surface area (TPSA) is 64.4 Å². The second kappa shape index (κ2) is 9.88. The average molecular weight is 490 g/mol. The first-order valence-corrected chi connectivity index (χ1v) is 12.9. The first-order chi connectivity index (χ1) is 17.4. The summed E-state index contributed by atoms with van der Waals surface area (Å²) in [6, 6.07) is 12.6. The third kappa shape index (κ3) is 4.43. The number of amides is 1. The van der Waals surface area contributed by atoms with Crippen LogP contribution in [-0.2, 0) is 4.74 Å². The zero-order valence-corrected chi connectivity index (χ0v) is 21.0. The predicted molar refractivity (Wildman–Crippen MR) is 136 cm³/mol. The minimum Gasteiger partial charge on any atom is -0.462 e. The van der Waals surface area contributed by atoms with Crippen LogP contribution in [0.1, 0.15) is 85.2 Å². The first-order valence-electron chi connectivity index (χ1n) is 12.9. The third-order valence-electron chi connectivity index (χ3n) is 7.32. The lowest BCUT2D eigenvalue weighted by Gasteiger charge is -2.39. The number of hydrogen-bond donors (Lipinski definition) is 0. The monoisotopic (exact) mass is 489 g/mol. The van der Waals surface area contributed by atoms with Crippen LogP contribution in [0, 0.1) is 5.82 Å². The summed E-state index contributed by atoms with van der Waals surface area (Å²) in [6.07, 6.45) is 6.48. The van der Waals surface area contributed by atoms with Crippen molar-refractivity contribution in [2.24, 2.45) is 0 Å². The molecule has 7 heteroatoms. The number of likely N-dealkylation sites (tertiary alicyclic amines) is 1. The minimum absolute atomic E-state index is 0.0851. The summed E-state index contributed by atoms with van der Waals surface area (Å²) in [7, 11) is 0. The molecule has 0 spiro atoms. The van der Waals surface area contributed by atoms with Crippen molar-refractivity contribution < 1.29 is 18.7 Å². The van der Waals surface area contributed by atoms with Gasteiger partial charge in [0.15, 0.2) is 0 Å². The van der Waals surface area contributed by atoms with E-state index >= 15 is 4.39 Å². The molecule has 6 nitrogen and oxygen atoms in total. The molecule has 0 radical (unpaired) electrons. The van der Waals surface area contributed by atoms with Gasteiger partial charge in [-0.25, -0.2) is 13.9 Å². The Morgan fingerprint density at radius 3 is 2.44 bits per heavy atom. The molecule has 2 heterocycles. The van der Waals surface area contributed by atoms with Gasteiger partial charge in [-0.05, 0) is 76.6 Å². The second-order valence-electron chi connectivity index (χ2n) is 9.91. The summed E-state index contributed by atoms with van der Waals surface area (Å²) in [5, 5.41) is 4.49. The third-order valence-corrected chi connectivity index (χ3v) is 7.32. The SMILES string of the molecule is CCOC(=O)c1cnn(-c2cccc(-c3cccc(C(=O)N4[C@H](C)CCC[C@@H]4C)c3F)c2)c1C1CC1. The number of carbonyl (C=O) groups is 2. The fourth-order valence-electron chi connectivity index (χ4n) is 5.37. The molecule has 1 aliphatic carbocycles. The molecular weight excluding hydrogens is 457 g/mol. The lowest BCUT2D eigenvalue weighted by atomic mass is 9.95. The maximum absolute atomic E-state index is 15.8. The first kappa shape index (κ1) is 24.2. The van der Waals surface area contributed by atoms with Crippen molar-refractivity contribution >= 4 is 11.9 Å². The number of esters is 1. The molecule has 1 saturated heterocycles. The lowest BCUT2D eigenvalue weighted by molar-refractivity contribution is 0.0502. The van der Waals surface area contributed by atoms with Gasteiger partial charge < -0.3 is 9.64 Å². The number of aromatic nitrogens is 2. The van der Waals surface area contributed by atoms with Crippen molar-refractivity contribution in [2.45, 2.75) is 70.9 Å². The number of halogens is 1. The fourth-order valence-corrected chi connectivity index (χ4v) is 5.37. The molecular formula is C29H32FN3O3. The maximum atomic E-state index is 15.8. The molecule has 2 aromatic carbocycles. The molecule has 0 N–H and O–H groups in total. The van der Waals surface area contributed by atoms with Crippen molar-refractivity contribution in [3.05, 3.63) is 71.3 Å². The van der Waals surface area contributed by atoms with Crippen LogP contribution >= 0.6 is 0 Å².